The maximum atomic E-state index is 9.24. The van der Waals surface area contributed by atoms with E-state index in [1.807, 2.05) is 60.7 Å². The minimum Gasteiger partial charge on any atom is -0.423 e. The van der Waals surface area contributed by atoms with Crippen LogP contribution in [-0.2, 0) is 0 Å². The second-order valence-corrected chi connectivity index (χ2v) is 17.9. The van der Waals surface area contributed by atoms with Gasteiger partial charge in [-0.25, -0.2) is 0 Å². The highest BCUT2D eigenvalue weighted by Crippen LogP contribution is 2.37. The van der Waals surface area contributed by atoms with Gasteiger partial charge in [-0.1, -0.05) is 141 Å². The Balaban J connectivity index is 0.000000136. The summed E-state index contributed by atoms with van der Waals surface area (Å²) in [6, 6.07) is 62.1. The van der Waals surface area contributed by atoms with E-state index in [1.165, 1.54) is 53.0 Å². The maximum Gasteiger partial charge on any atom is 0.488 e. The molecular weight excluding hydrogens is 1090 g/mol. The summed E-state index contributed by atoms with van der Waals surface area (Å²) in [5.74, 6) is 0. The van der Waals surface area contributed by atoms with Crippen molar-refractivity contribution in [2.24, 2.45) is 0 Å². The smallest absolute Gasteiger partial charge is 0.423 e. The number of para-hydroxylation sites is 4. The van der Waals surface area contributed by atoms with Gasteiger partial charge < -0.3 is 19.2 Å². The number of rotatable bonds is 4. The Kier molecular flexibility index (Phi) is 12.7. The molecule has 4 nitrogen and oxygen atoms in total. The maximum absolute atomic E-state index is 9.24. The van der Waals surface area contributed by atoms with E-state index >= 15 is 0 Å². The van der Waals surface area contributed by atoms with Crippen molar-refractivity contribution >= 4 is 143 Å². The Bertz CT molecular complexity index is 2910. The third-order valence-corrected chi connectivity index (χ3v) is 15.2. The molecule has 0 amide bonds. The Hall–Kier alpha value is -4.01. The molecule has 8 aromatic carbocycles. The van der Waals surface area contributed by atoms with E-state index in [-0.39, 0.29) is 0 Å². The third kappa shape index (κ3) is 8.25. The van der Waals surface area contributed by atoms with Gasteiger partial charge in [0.15, 0.2) is 0 Å². The molecule has 0 saturated carbocycles. The molecule has 0 atom stereocenters. The van der Waals surface area contributed by atoms with E-state index in [2.05, 4.69) is 205 Å². The van der Waals surface area contributed by atoms with E-state index < -0.39 is 7.12 Å². The van der Waals surface area contributed by atoms with Gasteiger partial charge in [0.05, 0.1) is 22.1 Å². The predicted molar refractivity (Wildman–Crippen MR) is 267 cm³/mol. The number of hydrogen-bond acceptors (Lipinski definition) is 2. The summed E-state index contributed by atoms with van der Waals surface area (Å²) in [7, 11) is -1.44. The molecule has 58 heavy (non-hydrogen) atoms. The van der Waals surface area contributed by atoms with Crippen LogP contribution in [-0.4, -0.2) is 26.3 Å². The molecule has 0 radical (unpaired) electrons. The Morgan fingerprint density at radius 1 is 0.379 bits per heavy atom. The fourth-order valence-corrected chi connectivity index (χ4v) is 10.0. The van der Waals surface area contributed by atoms with Gasteiger partial charge in [-0.3, -0.25) is 0 Å². The van der Waals surface area contributed by atoms with Crippen molar-refractivity contribution in [2.45, 2.75) is 0 Å². The van der Waals surface area contributed by atoms with Gasteiger partial charge in [0, 0.05) is 59.9 Å². The van der Waals surface area contributed by atoms with Crippen LogP contribution in [0.1, 0.15) is 0 Å². The first kappa shape index (κ1) is 40.8. The monoisotopic (exact) mass is 1120 g/mol. The largest absolute Gasteiger partial charge is 0.488 e. The zero-order valence-electron chi connectivity index (χ0n) is 30.6. The van der Waals surface area contributed by atoms with Gasteiger partial charge in [-0.2, -0.15) is 0 Å². The predicted octanol–water partition coefficient (Wildman–Crippen LogP) is 14.3. The van der Waals surface area contributed by atoms with Crippen LogP contribution < -0.4 is 5.46 Å². The van der Waals surface area contributed by atoms with Crippen LogP contribution >= 0.6 is 86.3 Å². The minimum atomic E-state index is -1.44. The highest BCUT2D eigenvalue weighted by Gasteiger charge is 2.15. The topological polar surface area (TPSA) is 50.3 Å². The standard InChI is InChI=1S/C24H15Br2N.C18H14BNO2.C6H3Br2I/c25-20-8-5-9-21(26)24(20)16-12-14-17(15-13-16)27-22-10-3-1-6-18(22)19-7-2-4-11-23(19)27;21-19(22)13-9-11-14(12-10-13)20-17-7-3-1-5-15(17)16-6-2-4-8-18(16)20;7-4-2-1-3-5(8)6(4)9/h1-15H;1-12,21-22H;1-3H. The molecule has 0 spiro atoms. The SMILES string of the molecule is Brc1cccc(Br)c1-c1ccc(-n2c3ccccc3c3ccccc32)cc1.Brc1cccc(Br)c1I.OB(O)c1ccc(-n2c3ccccc3c3ccccc32)cc1. The van der Waals surface area contributed by atoms with Crippen molar-refractivity contribution < 1.29 is 10.0 Å². The van der Waals surface area contributed by atoms with Crippen molar-refractivity contribution in [2.75, 3.05) is 0 Å². The van der Waals surface area contributed by atoms with Crippen LogP contribution in [0, 0.1) is 3.57 Å². The third-order valence-electron chi connectivity index (χ3n) is 9.89. The number of hydrogen-bond donors (Lipinski definition) is 2. The van der Waals surface area contributed by atoms with Gasteiger partial charge in [0.25, 0.3) is 0 Å². The summed E-state index contributed by atoms with van der Waals surface area (Å²) in [5.41, 5.74) is 9.75. The van der Waals surface area contributed by atoms with E-state index in [1.54, 1.807) is 12.1 Å². The lowest BCUT2D eigenvalue weighted by atomic mass is 9.80. The average Bonchev–Trinajstić information content (AvgIpc) is 3.77. The zero-order valence-corrected chi connectivity index (χ0v) is 39.1. The van der Waals surface area contributed by atoms with Crippen molar-refractivity contribution in [1.82, 2.24) is 9.13 Å². The van der Waals surface area contributed by atoms with Crippen molar-refractivity contribution in [3.05, 3.63) is 203 Å². The van der Waals surface area contributed by atoms with Crippen LogP contribution in [0.25, 0.3) is 66.1 Å². The molecule has 0 bridgehead atoms. The van der Waals surface area contributed by atoms with Crippen molar-refractivity contribution in [3.63, 3.8) is 0 Å². The summed E-state index contributed by atoms with van der Waals surface area (Å²) in [6.45, 7) is 0. The van der Waals surface area contributed by atoms with E-state index in [9.17, 15) is 10.0 Å². The van der Waals surface area contributed by atoms with E-state index in [0.717, 1.165) is 34.6 Å². The normalized spacial score (nSPS) is 11.0. The Morgan fingerprint density at radius 3 is 1.05 bits per heavy atom. The number of halogens is 5. The summed E-state index contributed by atoms with van der Waals surface area (Å²) < 4.78 is 10.2. The highest BCUT2D eigenvalue weighted by atomic mass is 127. The lowest BCUT2D eigenvalue weighted by Crippen LogP contribution is -2.29. The van der Waals surface area contributed by atoms with Crippen LogP contribution in [0.5, 0.6) is 0 Å². The van der Waals surface area contributed by atoms with Crippen LogP contribution in [0.4, 0.5) is 0 Å². The van der Waals surface area contributed by atoms with Gasteiger partial charge in [0.2, 0.25) is 0 Å². The molecule has 2 aromatic heterocycles. The lowest BCUT2D eigenvalue weighted by Gasteiger charge is -2.11. The van der Waals surface area contributed by atoms with Gasteiger partial charge in [0.1, 0.15) is 0 Å². The summed E-state index contributed by atoms with van der Waals surface area (Å²) in [4.78, 5) is 0. The molecule has 10 aromatic rings. The molecule has 2 heterocycles. The quantitative estimate of drug-likeness (QED) is 0.105. The molecule has 0 saturated heterocycles. The molecule has 0 fully saturated rings. The number of benzene rings is 8. The van der Waals surface area contributed by atoms with Gasteiger partial charge in [-0.05, 0) is 138 Å². The molecular formula is C48H32BBr4IN2O2. The van der Waals surface area contributed by atoms with Crippen molar-refractivity contribution in [1.29, 1.82) is 0 Å². The fourth-order valence-electron chi connectivity index (χ4n) is 7.23. The van der Waals surface area contributed by atoms with Gasteiger partial charge >= 0.3 is 7.12 Å². The van der Waals surface area contributed by atoms with Crippen LogP contribution in [0.15, 0.2) is 200 Å². The van der Waals surface area contributed by atoms with Gasteiger partial charge in [-0.15, -0.1) is 0 Å². The molecule has 0 aliphatic carbocycles. The molecule has 2 N–H and O–H groups in total. The first-order valence-electron chi connectivity index (χ1n) is 18.3. The average molecular weight is 1130 g/mol. The van der Waals surface area contributed by atoms with Crippen LogP contribution in [0.3, 0.4) is 0 Å². The minimum absolute atomic E-state index is 0.490. The summed E-state index contributed by atoms with van der Waals surface area (Å²) >= 11 is 16.4. The summed E-state index contributed by atoms with van der Waals surface area (Å²) in [5, 5.41) is 23.5. The molecule has 0 unspecified atom stereocenters. The second-order valence-electron chi connectivity index (χ2n) is 13.4. The Labute approximate surface area is 384 Å². The summed E-state index contributed by atoms with van der Waals surface area (Å²) in [6.07, 6.45) is 0. The molecule has 10 rings (SSSR count). The highest BCUT2D eigenvalue weighted by molar-refractivity contribution is 14.1. The fraction of sp³-hybridized carbons (Fsp3) is 0. The van der Waals surface area contributed by atoms with Crippen molar-refractivity contribution in [3.8, 4) is 22.5 Å². The number of aromatic nitrogens is 2. The number of nitrogens with zero attached hydrogens (tertiary/aromatic N) is 2. The second kappa shape index (κ2) is 18.1. The lowest BCUT2D eigenvalue weighted by molar-refractivity contribution is 0.426. The first-order valence-corrected chi connectivity index (χ1v) is 22.5. The first-order chi connectivity index (χ1) is 28.2. The molecule has 0 aliphatic heterocycles. The Morgan fingerprint density at radius 2 is 0.707 bits per heavy atom. The van der Waals surface area contributed by atoms with E-state index in [4.69, 9.17) is 0 Å². The molecule has 284 valence electrons. The van der Waals surface area contributed by atoms with Crippen LogP contribution in [0.2, 0.25) is 0 Å². The van der Waals surface area contributed by atoms with E-state index in [0.29, 0.717) is 5.46 Å². The molecule has 10 heteroatoms. The number of fused-ring (bicyclic) bond motifs is 6. The molecule has 0 aliphatic rings. The zero-order chi connectivity index (χ0) is 40.3.